The minimum atomic E-state index is 0. The number of likely N-dealkylation sites (tertiary alicyclic amines) is 1. The van der Waals surface area contributed by atoms with Gasteiger partial charge in [0, 0.05) is 42.8 Å². The van der Waals surface area contributed by atoms with Crippen LogP contribution < -0.4 is 4.90 Å². The normalized spacial score (nSPS) is 15.1. The van der Waals surface area contributed by atoms with Gasteiger partial charge in [-0.2, -0.15) is 0 Å². The van der Waals surface area contributed by atoms with E-state index in [2.05, 4.69) is 42.2 Å². The molecule has 2 aromatic carbocycles. The summed E-state index contributed by atoms with van der Waals surface area (Å²) < 4.78 is 0. The molecular weight excluding hydrogens is 391 g/mol. The number of benzene rings is 2. The largest absolute Gasteiger partial charge is 0.309 e. The third-order valence-electron chi connectivity index (χ3n) is 5.32. The second-order valence-electron chi connectivity index (χ2n) is 7.30. The predicted molar refractivity (Wildman–Crippen MR) is 121 cm³/mol. The van der Waals surface area contributed by atoms with Crippen LogP contribution in [0.15, 0.2) is 54.6 Å². The summed E-state index contributed by atoms with van der Waals surface area (Å²) in [6.45, 7) is 5.23. The molecule has 1 saturated heterocycles. The average molecular weight is 421 g/mol. The highest BCUT2D eigenvalue weighted by Crippen LogP contribution is 2.26. The minimum absolute atomic E-state index is 0. The van der Waals surface area contributed by atoms with Gasteiger partial charge in [-0.15, -0.1) is 12.4 Å². The predicted octanol–water partition coefficient (Wildman–Crippen LogP) is 5.60. The number of piperidine rings is 1. The van der Waals surface area contributed by atoms with E-state index in [1.807, 2.05) is 29.2 Å². The van der Waals surface area contributed by atoms with Crippen molar-refractivity contribution in [1.29, 1.82) is 0 Å². The van der Waals surface area contributed by atoms with Crippen molar-refractivity contribution in [2.75, 3.05) is 24.5 Å². The quantitative estimate of drug-likeness (QED) is 0.581. The molecule has 0 spiro atoms. The molecule has 0 aliphatic carbocycles. The van der Waals surface area contributed by atoms with Crippen LogP contribution in [0.25, 0.3) is 0 Å². The van der Waals surface area contributed by atoms with Gasteiger partial charge in [0.1, 0.15) is 0 Å². The van der Waals surface area contributed by atoms with Gasteiger partial charge in [-0.05, 0) is 55.5 Å². The molecule has 0 radical (unpaired) electrons. The van der Waals surface area contributed by atoms with Gasteiger partial charge in [0.15, 0.2) is 0 Å². The summed E-state index contributed by atoms with van der Waals surface area (Å²) in [5, 5.41) is 0.706. The summed E-state index contributed by atoms with van der Waals surface area (Å²) in [6, 6.07) is 18.6. The first-order valence-corrected chi connectivity index (χ1v) is 10.4. The molecule has 1 amide bonds. The number of hydrogen-bond acceptors (Lipinski definition) is 2. The van der Waals surface area contributed by atoms with Gasteiger partial charge in [-0.25, -0.2) is 0 Å². The van der Waals surface area contributed by atoms with Crippen molar-refractivity contribution in [2.24, 2.45) is 0 Å². The number of hydrogen-bond donors (Lipinski definition) is 0. The number of amides is 1. The Bertz CT molecular complexity index is 713. The highest BCUT2D eigenvalue weighted by Gasteiger charge is 2.28. The first kappa shape index (κ1) is 22.7. The van der Waals surface area contributed by atoms with Crippen LogP contribution in [0, 0.1) is 0 Å². The topological polar surface area (TPSA) is 23.6 Å². The van der Waals surface area contributed by atoms with E-state index in [0.29, 0.717) is 11.4 Å². The third kappa shape index (κ3) is 6.23. The Morgan fingerprint density at radius 3 is 2.32 bits per heavy atom. The molecule has 3 rings (SSSR count). The van der Waals surface area contributed by atoms with Gasteiger partial charge in [-0.3, -0.25) is 4.79 Å². The molecule has 0 atom stereocenters. The van der Waals surface area contributed by atoms with Crippen molar-refractivity contribution >= 4 is 35.6 Å². The van der Waals surface area contributed by atoms with E-state index in [1.165, 1.54) is 5.56 Å². The fourth-order valence-electron chi connectivity index (χ4n) is 3.83. The molecule has 0 unspecified atom stereocenters. The monoisotopic (exact) mass is 420 g/mol. The van der Waals surface area contributed by atoms with Crippen molar-refractivity contribution in [3.63, 3.8) is 0 Å². The number of carbonyl (C=O) groups is 1. The lowest BCUT2D eigenvalue weighted by Crippen LogP contribution is -2.48. The number of nitrogens with zero attached hydrogens (tertiary/aromatic N) is 2. The van der Waals surface area contributed by atoms with E-state index in [0.717, 1.165) is 51.0 Å². The molecule has 1 heterocycles. The van der Waals surface area contributed by atoms with Crippen LogP contribution in [0.5, 0.6) is 0 Å². The summed E-state index contributed by atoms with van der Waals surface area (Å²) in [5.41, 5.74) is 2.36. The number of carbonyl (C=O) groups excluding carboxylic acids is 1. The van der Waals surface area contributed by atoms with Crippen LogP contribution >= 0.6 is 24.0 Å². The van der Waals surface area contributed by atoms with Gasteiger partial charge in [0.05, 0.1) is 0 Å². The van der Waals surface area contributed by atoms with Crippen LogP contribution in [0.2, 0.25) is 5.02 Å². The average Bonchev–Trinajstić information content (AvgIpc) is 2.70. The molecule has 0 bridgehead atoms. The maximum Gasteiger partial charge on any atom is 0.227 e. The molecule has 2 aromatic rings. The van der Waals surface area contributed by atoms with Gasteiger partial charge < -0.3 is 9.80 Å². The fraction of sp³-hybridized carbons (Fsp3) is 0.435. The van der Waals surface area contributed by atoms with Crippen LogP contribution in [0.1, 0.15) is 38.2 Å². The van der Waals surface area contributed by atoms with E-state index < -0.39 is 0 Å². The Hall–Kier alpha value is -1.55. The van der Waals surface area contributed by atoms with Crippen molar-refractivity contribution < 1.29 is 4.79 Å². The smallest absolute Gasteiger partial charge is 0.227 e. The summed E-state index contributed by atoms with van der Waals surface area (Å²) in [7, 11) is 0. The highest BCUT2D eigenvalue weighted by molar-refractivity contribution is 6.30. The SMILES string of the molecule is CCCC(=O)N(c1ccc(Cl)cc1)C1CCN(CCc2ccccc2)CC1.Cl. The zero-order chi connectivity index (χ0) is 19.1. The standard InChI is InChI=1S/C23H29ClN2O.ClH/c1-2-6-23(27)26(21-11-9-20(24)10-12-21)22-14-17-25(18-15-22)16-13-19-7-4-3-5-8-19;/h3-5,7-12,22H,2,6,13-18H2,1H3;1H. The molecule has 1 aliphatic rings. The van der Waals surface area contributed by atoms with Crippen LogP contribution in [-0.2, 0) is 11.2 Å². The summed E-state index contributed by atoms with van der Waals surface area (Å²) in [6.07, 6.45) is 4.59. The Labute approximate surface area is 180 Å². The third-order valence-corrected chi connectivity index (χ3v) is 5.57. The first-order chi connectivity index (χ1) is 13.2. The van der Waals surface area contributed by atoms with E-state index in [9.17, 15) is 4.79 Å². The second kappa shape index (κ2) is 11.5. The van der Waals surface area contributed by atoms with E-state index >= 15 is 0 Å². The lowest BCUT2D eigenvalue weighted by Gasteiger charge is -2.38. The molecular formula is C23H30Cl2N2O. The van der Waals surface area contributed by atoms with E-state index in [-0.39, 0.29) is 24.4 Å². The van der Waals surface area contributed by atoms with Crippen molar-refractivity contribution in [3.8, 4) is 0 Å². The maximum atomic E-state index is 12.8. The number of anilines is 1. The molecule has 1 aliphatic heterocycles. The van der Waals surface area contributed by atoms with Gasteiger partial charge in [0.25, 0.3) is 0 Å². The lowest BCUT2D eigenvalue weighted by atomic mass is 10.0. The highest BCUT2D eigenvalue weighted by atomic mass is 35.5. The molecule has 1 fully saturated rings. The Morgan fingerprint density at radius 1 is 1.07 bits per heavy atom. The Kier molecular flexibility index (Phi) is 9.30. The summed E-state index contributed by atoms with van der Waals surface area (Å²) in [5.74, 6) is 0.225. The first-order valence-electron chi connectivity index (χ1n) is 10.0. The zero-order valence-corrected chi connectivity index (χ0v) is 18.1. The van der Waals surface area contributed by atoms with Gasteiger partial charge in [-0.1, -0.05) is 48.9 Å². The molecule has 0 saturated carbocycles. The minimum Gasteiger partial charge on any atom is -0.309 e. The molecule has 0 aromatic heterocycles. The van der Waals surface area contributed by atoms with Crippen LogP contribution in [-0.4, -0.2) is 36.5 Å². The fourth-order valence-corrected chi connectivity index (χ4v) is 3.95. The van der Waals surface area contributed by atoms with Gasteiger partial charge in [0.2, 0.25) is 5.91 Å². The van der Waals surface area contributed by atoms with E-state index in [1.54, 1.807) is 0 Å². The molecule has 152 valence electrons. The Balaban J connectivity index is 0.00000280. The number of rotatable bonds is 7. The molecule has 0 N–H and O–H groups in total. The summed E-state index contributed by atoms with van der Waals surface area (Å²) >= 11 is 6.04. The van der Waals surface area contributed by atoms with Crippen LogP contribution in [0.3, 0.4) is 0 Å². The molecule has 3 nitrogen and oxygen atoms in total. The summed E-state index contributed by atoms with van der Waals surface area (Å²) in [4.78, 5) is 17.3. The molecule has 28 heavy (non-hydrogen) atoms. The van der Waals surface area contributed by atoms with E-state index in [4.69, 9.17) is 11.6 Å². The number of halogens is 2. The zero-order valence-electron chi connectivity index (χ0n) is 16.5. The van der Waals surface area contributed by atoms with Crippen LogP contribution in [0.4, 0.5) is 5.69 Å². The van der Waals surface area contributed by atoms with Crippen molar-refractivity contribution in [3.05, 3.63) is 65.2 Å². The second-order valence-corrected chi connectivity index (χ2v) is 7.74. The Morgan fingerprint density at radius 2 is 1.71 bits per heavy atom. The molecule has 5 heteroatoms. The lowest BCUT2D eigenvalue weighted by molar-refractivity contribution is -0.119. The van der Waals surface area contributed by atoms with Crippen molar-refractivity contribution in [2.45, 2.75) is 45.1 Å². The van der Waals surface area contributed by atoms with Crippen molar-refractivity contribution in [1.82, 2.24) is 4.90 Å². The maximum absolute atomic E-state index is 12.8. The van der Waals surface area contributed by atoms with Gasteiger partial charge >= 0.3 is 0 Å².